The summed E-state index contributed by atoms with van der Waals surface area (Å²) >= 11 is 18.8. The van der Waals surface area contributed by atoms with Gasteiger partial charge in [-0.2, -0.15) is 0 Å². The molecule has 4 nitrogen and oxygen atoms in total. The molecule has 0 aliphatic heterocycles. The summed E-state index contributed by atoms with van der Waals surface area (Å²) in [7, 11) is 0. The zero-order valence-corrected chi connectivity index (χ0v) is 18.3. The highest BCUT2D eigenvalue weighted by Crippen LogP contribution is 2.27. The van der Waals surface area contributed by atoms with E-state index in [1.807, 2.05) is 19.9 Å². The first-order valence-corrected chi connectivity index (χ1v) is 10.1. The van der Waals surface area contributed by atoms with Crippen LogP contribution in [0.4, 0.5) is 0 Å². The number of carbonyl (C=O) groups is 2. The lowest BCUT2D eigenvalue weighted by atomic mass is 10.1. The Hall–Kier alpha value is -1.75. The van der Waals surface area contributed by atoms with E-state index < -0.39 is 6.04 Å². The van der Waals surface area contributed by atoms with Crippen molar-refractivity contribution in [3.63, 3.8) is 0 Å². The third kappa shape index (κ3) is 5.87. The van der Waals surface area contributed by atoms with E-state index in [2.05, 4.69) is 5.32 Å². The molecule has 1 N–H and O–H groups in total. The Labute approximate surface area is 180 Å². The molecule has 0 spiro atoms. The summed E-state index contributed by atoms with van der Waals surface area (Å²) in [5.41, 5.74) is 1.29. The van der Waals surface area contributed by atoms with Gasteiger partial charge in [0.05, 0.1) is 6.42 Å². The molecular weight excluding hydrogens is 419 g/mol. The first-order chi connectivity index (χ1) is 13.2. The van der Waals surface area contributed by atoms with Crippen molar-refractivity contribution in [1.82, 2.24) is 10.2 Å². The first kappa shape index (κ1) is 22.5. The molecule has 0 saturated heterocycles. The van der Waals surface area contributed by atoms with Gasteiger partial charge in [-0.15, -0.1) is 0 Å². The van der Waals surface area contributed by atoms with Crippen LogP contribution in [0.2, 0.25) is 15.1 Å². The second-order valence-corrected chi connectivity index (χ2v) is 8.05. The quantitative estimate of drug-likeness (QED) is 0.647. The fourth-order valence-corrected chi connectivity index (χ4v) is 3.47. The normalized spacial score (nSPS) is 12.0. The summed E-state index contributed by atoms with van der Waals surface area (Å²) in [5.74, 6) is -0.485. The summed E-state index contributed by atoms with van der Waals surface area (Å²) in [6.07, 6.45) is 0.0705. The Balaban J connectivity index is 2.33. The van der Waals surface area contributed by atoms with Crippen molar-refractivity contribution in [3.8, 4) is 0 Å². The van der Waals surface area contributed by atoms with Gasteiger partial charge in [0.15, 0.2) is 0 Å². The van der Waals surface area contributed by atoms with E-state index in [9.17, 15) is 9.59 Å². The Kier molecular flexibility index (Phi) is 8.17. The van der Waals surface area contributed by atoms with Crippen molar-refractivity contribution in [2.75, 3.05) is 0 Å². The van der Waals surface area contributed by atoms with Gasteiger partial charge in [-0.25, -0.2) is 0 Å². The predicted octanol–water partition coefficient (Wildman–Crippen LogP) is 5.13. The van der Waals surface area contributed by atoms with Gasteiger partial charge < -0.3 is 10.2 Å². The third-order valence-corrected chi connectivity index (χ3v) is 5.36. The first-order valence-electron chi connectivity index (χ1n) is 8.96. The number of hydrogen-bond acceptors (Lipinski definition) is 2. The molecule has 2 aromatic carbocycles. The average molecular weight is 442 g/mol. The van der Waals surface area contributed by atoms with Crippen LogP contribution in [-0.2, 0) is 22.6 Å². The molecular formula is C21H23Cl3N2O2. The number of hydrogen-bond donors (Lipinski definition) is 1. The van der Waals surface area contributed by atoms with Crippen LogP contribution >= 0.6 is 34.8 Å². The van der Waals surface area contributed by atoms with Crippen LogP contribution in [0, 0.1) is 0 Å². The largest absolute Gasteiger partial charge is 0.352 e. The van der Waals surface area contributed by atoms with Crippen LogP contribution in [0.25, 0.3) is 0 Å². The van der Waals surface area contributed by atoms with E-state index in [4.69, 9.17) is 34.8 Å². The van der Waals surface area contributed by atoms with Crippen LogP contribution in [0.3, 0.4) is 0 Å². The SMILES string of the molecule is CC(C)NC(=O)C(C)N(Cc1c(Cl)cccc1Cl)C(=O)Cc1ccccc1Cl. The van der Waals surface area contributed by atoms with E-state index >= 15 is 0 Å². The second-order valence-electron chi connectivity index (χ2n) is 6.83. The summed E-state index contributed by atoms with van der Waals surface area (Å²) in [6.45, 7) is 5.54. The molecule has 0 heterocycles. The van der Waals surface area contributed by atoms with E-state index in [0.29, 0.717) is 26.2 Å². The number of benzene rings is 2. The van der Waals surface area contributed by atoms with Gasteiger partial charge in [0, 0.05) is 33.2 Å². The summed E-state index contributed by atoms with van der Waals surface area (Å²) in [5, 5.41) is 4.24. The highest BCUT2D eigenvalue weighted by atomic mass is 35.5. The lowest BCUT2D eigenvalue weighted by molar-refractivity contribution is -0.140. The highest BCUT2D eigenvalue weighted by Gasteiger charge is 2.28. The monoisotopic (exact) mass is 440 g/mol. The standard InChI is InChI=1S/C21H23Cl3N2O2/c1-13(2)25-21(28)14(3)26(12-16-18(23)9-6-10-19(16)24)20(27)11-15-7-4-5-8-17(15)22/h4-10,13-14H,11-12H2,1-3H3,(H,25,28). The lowest BCUT2D eigenvalue weighted by Crippen LogP contribution is -2.49. The van der Waals surface area contributed by atoms with Crippen molar-refractivity contribution < 1.29 is 9.59 Å². The smallest absolute Gasteiger partial charge is 0.242 e. The van der Waals surface area contributed by atoms with Gasteiger partial charge in [-0.3, -0.25) is 9.59 Å². The molecule has 1 unspecified atom stereocenters. The van der Waals surface area contributed by atoms with Gasteiger partial charge in [0.1, 0.15) is 6.04 Å². The van der Waals surface area contributed by atoms with Crippen molar-refractivity contribution >= 4 is 46.6 Å². The minimum atomic E-state index is -0.704. The summed E-state index contributed by atoms with van der Waals surface area (Å²) < 4.78 is 0. The number of nitrogens with one attached hydrogen (secondary N) is 1. The fraction of sp³-hybridized carbons (Fsp3) is 0.333. The van der Waals surface area contributed by atoms with Gasteiger partial charge >= 0.3 is 0 Å². The van der Waals surface area contributed by atoms with Crippen LogP contribution in [0.1, 0.15) is 31.9 Å². The minimum absolute atomic E-state index is 0.0422. The maximum atomic E-state index is 13.1. The maximum absolute atomic E-state index is 13.1. The Bertz CT molecular complexity index is 835. The van der Waals surface area contributed by atoms with E-state index in [1.165, 1.54) is 4.90 Å². The molecule has 2 amide bonds. The molecule has 0 radical (unpaired) electrons. The molecule has 0 saturated carbocycles. The Morgan fingerprint density at radius 3 is 2.07 bits per heavy atom. The van der Waals surface area contributed by atoms with Crippen molar-refractivity contribution in [1.29, 1.82) is 0 Å². The van der Waals surface area contributed by atoms with Gasteiger partial charge in [-0.1, -0.05) is 59.1 Å². The molecule has 0 aliphatic rings. The average Bonchev–Trinajstić information content (AvgIpc) is 2.62. The molecule has 2 rings (SSSR count). The fourth-order valence-electron chi connectivity index (χ4n) is 2.75. The molecule has 0 aromatic heterocycles. The van der Waals surface area contributed by atoms with Crippen molar-refractivity contribution in [2.45, 2.75) is 45.8 Å². The maximum Gasteiger partial charge on any atom is 0.242 e. The number of nitrogens with zero attached hydrogens (tertiary/aromatic N) is 1. The molecule has 150 valence electrons. The zero-order valence-electron chi connectivity index (χ0n) is 16.0. The molecule has 1 atom stereocenters. The van der Waals surface area contributed by atoms with Crippen LogP contribution in [0.15, 0.2) is 42.5 Å². The predicted molar refractivity (Wildman–Crippen MR) is 115 cm³/mol. The van der Waals surface area contributed by atoms with Crippen LogP contribution in [0.5, 0.6) is 0 Å². The van der Waals surface area contributed by atoms with E-state index in [1.54, 1.807) is 43.3 Å². The van der Waals surface area contributed by atoms with Gasteiger partial charge in [0.25, 0.3) is 0 Å². The highest BCUT2D eigenvalue weighted by molar-refractivity contribution is 6.36. The lowest BCUT2D eigenvalue weighted by Gasteiger charge is -2.30. The molecule has 7 heteroatoms. The number of rotatable bonds is 7. The minimum Gasteiger partial charge on any atom is -0.352 e. The van der Waals surface area contributed by atoms with Crippen molar-refractivity contribution in [2.24, 2.45) is 0 Å². The molecule has 28 heavy (non-hydrogen) atoms. The summed E-state index contributed by atoms with van der Waals surface area (Å²) in [6, 6.07) is 11.5. The molecule has 0 fully saturated rings. The third-order valence-electron chi connectivity index (χ3n) is 4.29. The molecule has 0 bridgehead atoms. The topological polar surface area (TPSA) is 49.4 Å². The van der Waals surface area contributed by atoms with Gasteiger partial charge in [-0.05, 0) is 44.5 Å². The summed E-state index contributed by atoms with van der Waals surface area (Å²) in [4.78, 5) is 27.2. The van der Waals surface area contributed by atoms with Gasteiger partial charge in [0.2, 0.25) is 11.8 Å². The Morgan fingerprint density at radius 1 is 0.929 bits per heavy atom. The van der Waals surface area contributed by atoms with E-state index in [-0.39, 0.29) is 30.8 Å². The number of halogens is 3. The van der Waals surface area contributed by atoms with Crippen LogP contribution < -0.4 is 5.32 Å². The Morgan fingerprint density at radius 2 is 1.50 bits per heavy atom. The molecule has 2 aromatic rings. The number of amides is 2. The van der Waals surface area contributed by atoms with Crippen molar-refractivity contribution in [3.05, 3.63) is 68.7 Å². The second kappa shape index (κ2) is 10.1. The number of carbonyl (C=O) groups excluding carboxylic acids is 2. The van der Waals surface area contributed by atoms with Crippen LogP contribution in [-0.4, -0.2) is 28.8 Å². The van der Waals surface area contributed by atoms with E-state index in [0.717, 1.165) is 0 Å². The molecule has 0 aliphatic carbocycles. The zero-order chi connectivity index (χ0) is 20.8.